The van der Waals surface area contributed by atoms with Gasteiger partial charge in [-0.05, 0) is 79.0 Å². The lowest BCUT2D eigenvalue weighted by molar-refractivity contribution is 0.102. The Labute approximate surface area is 173 Å². The predicted molar refractivity (Wildman–Crippen MR) is 115 cm³/mol. The molecule has 0 spiro atoms. The fourth-order valence-electron chi connectivity index (χ4n) is 4.98. The molecular weight excluding hydrogens is 370 g/mol. The summed E-state index contributed by atoms with van der Waals surface area (Å²) in [7, 11) is 3.42. The van der Waals surface area contributed by atoms with Crippen LogP contribution in [0.5, 0.6) is 11.5 Å². The molecule has 0 bridgehead atoms. The predicted octanol–water partition coefficient (Wildman–Crippen LogP) is 5.88. The Morgan fingerprint density at radius 3 is 2.36 bits per heavy atom. The van der Waals surface area contributed by atoms with E-state index in [-0.39, 0.29) is 6.04 Å². The van der Waals surface area contributed by atoms with Crippen LogP contribution in [0.4, 0.5) is 0 Å². The normalized spacial score (nSPS) is 25.2. The van der Waals surface area contributed by atoms with Crippen molar-refractivity contribution in [2.45, 2.75) is 51.1 Å². The summed E-state index contributed by atoms with van der Waals surface area (Å²) in [5, 5.41) is 0.794. The van der Waals surface area contributed by atoms with Gasteiger partial charge in [0.05, 0.1) is 20.3 Å². The van der Waals surface area contributed by atoms with E-state index in [9.17, 15) is 0 Å². The summed E-state index contributed by atoms with van der Waals surface area (Å²) < 4.78 is 11.2. The first-order chi connectivity index (χ1) is 13.6. The summed E-state index contributed by atoms with van der Waals surface area (Å²) in [5.74, 6) is 2.46. The first-order valence-electron chi connectivity index (χ1n) is 10.4. The molecule has 0 N–H and O–H groups in total. The van der Waals surface area contributed by atoms with E-state index in [1.54, 1.807) is 14.2 Å². The number of rotatable bonds is 4. The molecule has 28 heavy (non-hydrogen) atoms. The van der Waals surface area contributed by atoms with Crippen LogP contribution in [0.1, 0.15) is 55.3 Å². The van der Waals surface area contributed by atoms with Crippen LogP contribution in [0.25, 0.3) is 0 Å². The van der Waals surface area contributed by atoms with E-state index in [1.165, 1.54) is 42.4 Å². The van der Waals surface area contributed by atoms with Crippen molar-refractivity contribution in [1.29, 1.82) is 0 Å². The van der Waals surface area contributed by atoms with Gasteiger partial charge in [0.25, 0.3) is 0 Å². The van der Waals surface area contributed by atoms with E-state index < -0.39 is 0 Å². The highest BCUT2D eigenvalue weighted by Crippen LogP contribution is 2.44. The second-order valence-corrected chi connectivity index (χ2v) is 8.70. The number of ether oxygens (including phenoxy) is 2. The Morgan fingerprint density at radius 1 is 0.964 bits per heavy atom. The van der Waals surface area contributed by atoms with Crippen molar-refractivity contribution >= 4 is 11.6 Å². The number of methoxy groups -OCH3 is 2. The molecular formula is C24H30ClNO2. The molecule has 0 unspecified atom stereocenters. The lowest BCUT2D eigenvalue weighted by atomic mass is 9.81. The summed E-state index contributed by atoms with van der Waals surface area (Å²) in [4.78, 5) is 2.71. The molecule has 4 rings (SSSR count). The van der Waals surface area contributed by atoms with Crippen LogP contribution < -0.4 is 9.47 Å². The molecule has 0 saturated heterocycles. The molecule has 1 aliphatic carbocycles. The van der Waals surface area contributed by atoms with Gasteiger partial charge in [-0.15, -0.1) is 0 Å². The fourth-order valence-corrected chi connectivity index (χ4v) is 5.18. The standard InChI is InChI=1S/C24H30ClNO2/c1-16-7-9-20(10-8-16)26-12-11-17-14-22(27-2)23(28-3)15-21(17)24(26)18-5-4-6-19(25)13-18/h4-6,13-16,20,24H,7-12H2,1-3H3/t16?,20?,24-/m0/s1. The number of hydrogen-bond acceptors (Lipinski definition) is 3. The third-order valence-electron chi connectivity index (χ3n) is 6.53. The minimum atomic E-state index is 0.209. The van der Waals surface area contributed by atoms with Gasteiger partial charge in [0.1, 0.15) is 0 Å². The molecule has 4 heteroatoms. The quantitative estimate of drug-likeness (QED) is 0.640. The number of hydrogen-bond donors (Lipinski definition) is 0. The van der Waals surface area contributed by atoms with E-state index in [4.69, 9.17) is 21.1 Å². The van der Waals surface area contributed by atoms with Crippen molar-refractivity contribution in [3.05, 3.63) is 58.1 Å². The molecule has 2 aromatic rings. The molecule has 1 aliphatic heterocycles. The van der Waals surface area contributed by atoms with Crippen LogP contribution in [0.3, 0.4) is 0 Å². The Bertz CT molecular complexity index is 829. The molecule has 2 aliphatic rings. The molecule has 0 aromatic heterocycles. The van der Waals surface area contributed by atoms with Crippen LogP contribution in [0, 0.1) is 5.92 Å². The van der Waals surface area contributed by atoms with Gasteiger partial charge in [0, 0.05) is 17.6 Å². The van der Waals surface area contributed by atoms with Gasteiger partial charge in [-0.1, -0.05) is 30.7 Å². The maximum absolute atomic E-state index is 6.39. The third-order valence-corrected chi connectivity index (χ3v) is 6.76. The zero-order valence-electron chi connectivity index (χ0n) is 17.1. The van der Waals surface area contributed by atoms with Gasteiger partial charge in [0.2, 0.25) is 0 Å². The molecule has 1 saturated carbocycles. The third kappa shape index (κ3) is 3.75. The summed E-state index contributed by atoms with van der Waals surface area (Å²) in [6.45, 7) is 3.45. The molecule has 2 aromatic carbocycles. The van der Waals surface area contributed by atoms with Crippen LogP contribution in [-0.2, 0) is 6.42 Å². The molecule has 1 fully saturated rings. The Morgan fingerprint density at radius 2 is 1.68 bits per heavy atom. The second-order valence-electron chi connectivity index (χ2n) is 8.27. The molecule has 1 atom stereocenters. The van der Waals surface area contributed by atoms with E-state index >= 15 is 0 Å². The van der Waals surface area contributed by atoms with Gasteiger partial charge in [-0.2, -0.15) is 0 Å². The maximum Gasteiger partial charge on any atom is 0.161 e. The van der Waals surface area contributed by atoms with Crippen LogP contribution in [0.15, 0.2) is 36.4 Å². The Hall–Kier alpha value is -1.71. The van der Waals surface area contributed by atoms with Crippen molar-refractivity contribution in [2.24, 2.45) is 5.92 Å². The lowest BCUT2D eigenvalue weighted by Crippen LogP contribution is -2.44. The van der Waals surface area contributed by atoms with Crippen molar-refractivity contribution in [2.75, 3.05) is 20.8 Å². The maximum atomic E-state index is 6.39. The summed E-state index contributed by atoms with van der Waals surface area (Å²) >= 11 is 6.39. The van der Waals surface area contributed by atoms with E-state index in [0.29, 0.717) is 6.04 Å². The van der Waals surface area contributed by atoms with Crippen LogP contribution in [-0.4, -0.2) is 31.7 Å². The molecule has 0 amide bonds. The zero-order chi connectivity index (χ0) is 19.7. The van der Waals surface area contributed by atoms with Crippen molar-refractivity contribution < 1.29 is 9.47 Å². The monoisotopic (exact) mass is 399 g/mol. The molecule has 3 nitrogen and oxygen atoms in total. The molecule has 150 valence electrons. The SMILES string of the molecule is COc1cc2c(cc1OC)[C@H](c1cccc(Cl)c1)N(C1CCC(C)CC1)CC2. The average Bonchev–Trinajstić information content (AvgIpc) is 2.72. The van der Waals surface area contributed by atoms with Gasteiger partial charge in [0.15, 0.2) is 11.5 Å². The largest absolute Gasteiger partial charge is 0.493 e. The number of benzene rings is 2. The Kier molecular flexibility index (Phi) is 5.84. The Balaban J connectivity index is 1.79. The zero-order valence-corrected chi connectivity index (χ0v) is 17.8. The van der Waals surface area contributed by atoms with Gasteiger partial charge in [-0.3, -0.25) is 4.90 Å². The summed E-state index contributed by atoms with van der Waals surface area (Å²) in [6, 6.07) is 13.5. The topological polar surface area (TPSA) is 21.7 Å². The number of fused-ring (bicyclic) bond motifs is 1. The second kappa shape index (κ2) is 8.34. The smallest absolute Gasteiger partial charge is 0.161 e. The lowest BCUT2D eigenvalue weighted by Gasteiger charge is -2.45. The highest BCUT2D eigenvalue weighted by Gasteiger charge is 2.35. The van der Waals surface area contributed by atoms with Gasteiger partial charge >= 0.3 is 0 Å². The highest BCUT2D eigenvalue weighted by molar-refractivity contribution is 6.30. The van der Waals surface area contributed by atoms with Crippen molar-refractivity contribution in [3.8, 4) is 11.5 Å². The van der Waals surface area contributed by atoms with Crippen molar-refractivity contribution in [3.63, 3.8) is 0 Å². The van der Waals surface area contributed by atoms with Crippen LogP contribution >= 0.6 is 11.6 Å². The van der Waals surface area contributed by atoms with Gasteiger partial charge in [-0.25, -0.2) is 0 Å². The highest BCUT2D eigenvalue weighted by atomic mass is 35.5. The number of halogens is 1. The number of nitrogens with zero attached hydrogens (tertiary/aromatic N) is 1. The van der Waals surface area contributed by atoms with E-state index in [2.05, 4.69) is 42.2 Å². The fraction of sp³-hybridized carbons (Fsp3) is 0.500. The molecule has 1 heterocycles. The van der Waals surface area contributed by atoms with Gasteiger partial charge < -0.3 is 9.47 Å². The summed E-state index contributed by atoms with van der Waals surface area (Å²) in [5.41, 5.74) is 3.94. The van der Waals surface area contributed by atoms with E-state index in [1.807, 2.05) is 6.07 Å². The average molecular weight is 400 g/mol. The van der Waals surface area contributed by atoms with E-state index in [0.717, 1.165) is 35.4 Å². The first kappa shape index (κ1) is 19.6. The minimum Gasteiger partial charge on any atom is -0.493 e. The first-order valence-corrected chi connectivity index (χ1v) is 10.7. The summed E-state index contributed by atoms with van der Waals surface area (Å²) in [6.07, 6.45) is 6.24. The van der Waals surface area contributed by atoms with Crippen molar-refractivity contribution in [1.82, 2.24) is 4.90 Å². The minimum absolute atomic E-state index is 0.209. The van der Waals surface area contributed by atoms with Crippen LogP contribution in [0.2, 0.25) is 5.02 Å². The molecule has 0 radical (unpaired) electrons.